The summed E-state index contributed by atoms with van der Waals surface area (Å²) in [7, 11) is 1.42. The topological polar surface area (TPSA) is 46.5 Å². The van der Waals surface area contributed by atoms with Gasteiger partial charge in [-0.25, -0.2) is 0 Å². The highest BCUT2D eigenvalue weighted by Crippen LogP contribution is 2.31. The summed E-state index contributed by atoms with van der Waals surface area (Å²) in [5.74, 6) is 0.193. The molecule has 0 saturated heterocycles. The highest BCUT2D eigenvalue weighted by atomic mass is 16.5. The van der Waals surface area contributed by atoms with Crippen LogP contribution in [-0.2, 0) is 9.53 Å². The Morgan fingerprint density at radius 3 is 2.50 bits per heavy atom. The van der Waals surface area contributed by atoms with Crippen molar-refractivity contribution in [3.63, 3.8) is 0 Å². The van der Waals surface area contributed by atoms with Crippen LogP contribution >= 0.6 is 0 Å². The minimum Gasteiger partial charge on any atom is -0.469 e. The average Bonchev–Trinajstić information content (AvgIpc) is 2.27. The highest BCUT2D eigenvalue weighted by molar-refractivity contribution is 5.72. The van der Waals surface area contributed by atoms with Crippen molar-refractivity contribution in [1.82, 2.24) is 0 Å². The molecule has 0 aromatic rings. The number of rotatable bonds is 3. The molecule has 1 fully saturated rings. The molecule has 0 amide bonds. The van der Waals surface area contributed by atoms with Crippen LogP contribution in [0.5, 0.6) is 0 Å². The summed E-state index contributed by atoms with van der Waals surface area (Å²) in [5, 5.41) is 9.53. The molecule has 1 unspecified atom stereocenters. The lowest BCUT2D eigenvalue weighted by atomic mass is 9.79. The molecule has 1 atom stereocenters. The standard InChI is InChI=1S/C11H18O3/c1-3-10(12)8-4-6-9(7-5-8)11(13)14-2/h3,8-10,12H,1,4-7H2,2H3. The van der Waals surface area contributed by atoms with E-state index < -0.39 is 6.10 Å². The van der Waals surface area contributed by atoms with Gasteiger partial charge in [0.1, 0.15) is 0 Å². The Labute approximate surface area is 84.8 Å². The Morgan fingerprint density at radius 2 is 2.07 bits per heavy atom. The summed E-state index contributed by atoms with van der Waals surface area (Å²) in [5.41, 5.74) is 0. The van der Waals surface area contributed by atoms with Crippen molar-refractivity contribution in [1.29, 1.82) is 0 Å². The number of carbonyl (C=O) groups is 1. The molecule has 0 aliphatic heterocycles. The van der Waals surface area contributed by atoms with E-state index in [4.69, 9.17) is 4.74 Å². The quantitative estimate of drug-likeness (QED) is 0.552. The average molecular weight is 198 g/mol. The second-order valence-electron chi connectivity index (χ2n) is 3.86. The van der Waals surface area contributed by atoms with Gasteiger partial charge in [0.05, 0.1) is 19.1 Å². The van der Waals surface area contributed by atoms with Gasteiger partial charge in [0.15, 0.2) is 0 Å². The molecule has 1 aliphatic carbocycles. The number of hydrogen-bond donors (Lipinski definition) is 1. The van der Waals surface area contributed by atoms with E-state index in [9.17, 15) is 9.90 Å². The molecule has 0 aromatic carbocycles. The Balaban J connectivity index is 2.38. The summed E-state index contributed by atoms with van der Waals surface area (Å²) in [6.07, 6.45) is 4.56. The van der Waals surface area contributed by atoms with Crippen LogP contribution in [0.15, 0.2) is 12.7 Å². The molecule has 0 aromatic heterocycles. The largest absolute Gasteiger partial charge is 0.469 e. The molecule has 80 valence electrons. The van der Waals surface area contributed by atoms with E-state index in [-0.39, 0.29) is 17.8 Å². The first-order chi connectivity index (χ1) is 6.69. The van der Waals surface area contributed by atoms with Crippen molar-refractivity contribution < 1.29 is 14.6 Å². The molecule has 0 radical (unpaired) electrons. The maximum Gasteiger partial charge on any atom is 0.308 e. The first kappa shape index (κ1) is 11.2. The van der Waals surface area contributed by atoms with Gasteiger partial charge in [-0.15, -0.1) is 6.58 Å². The third kappa shape index (κ3) is 2.58. The third-order valence-corrected chi connectivity index (χ3v) is 3.03. The zero-order chi connectivity index (χ0) is 10.6. The number of hydrogen-bond acceptors (Lipinski definition) is 3. The van der Waals surface area contributed by atoms with E-state index in [0.717, 1.165) is 25.7 Å². The second kappa shape index (κ2) is 5.15. The van der Waals surface area contributed by atoms with Gasteiger partial charge in [0.2, 0.25) is 0 Å². The number of esters is 1. The molecular weight excluding hydrogens is 180 g/mol. The summed E-state index contributed by atoms with van der Waals surface area (Å²) in [6, 6.07) is 0. The van der Waals surface area contributed by atoms with E-state index in [0.29, 0.717) is 0 Å². The fourth-order valence-corrected chi connectivity index (χ4v) is 2.06. The molecule has 14 heavy (non-hydrogen) atoms. The van der Waals surface area contributed by atoms with Crippen molar-refractivity contribution in [3.05, 3.63) is 12.7 Å². The summed E-state index contributed by atoms with van der Waals surface area (Å²) in [4.78, 5) is 11.2. The highest BCUT2D eigenvalue weighted by Gasteiger charge is 2.29. The molecule has 0 bridgehead atoms. The minimum atomic E-state index is -0.423. The molecule has 1 N–H and O–H groups in total. The van der Waals surface area contributed by atoms with E-state index in [1.807, 2.05) is 0 Å². The molecule has 1 aliphatic rings. The first-order valence-corrected chi connectivity index (χ1v) is 5.07. The molecule has 3 nitrogen and oxygen atoms in total. The minimum absolute atomic E-state index is 0.0354. The fourth-order valence-electron chi connectivity index (χ4n) is 2.06. The van der Waals surface area contributed by atoms with Crippen molar-refractivity contribution in [2.75, 3.05) is 7.11 Å². The summed E-state index contributed by atoms with van der Waals surface area (Å²) in [6.45, 7) is 3.56. The van der Waals surface area contributed by atoms with Crippen LogP contribution in [0.3, 0.4) is 0 Å². The lowest BCUT2D eigenvalue weighted by molar-refractivity contribution is -0.147. The van der Waals surface area contributed by atoms with Gasteiger partial charge in [-0.2, -0.15) is 0 Å². The molecular formula is C11H18O3. The number of methoxy groups -OCH3 is 1. The Morgan fingerprint density at radius 1 is 1.50 bits per heavy atom. The monoisotopic (exact) mass is 198 g/mol. The van der Waals surface area contributed by atoms with Gasteiger partial charge in [0, 0.05) is 0 Å². The van der Waals surface area contributed by atoms with E-state index in [1.165, 1.54) is 7.11 Å². The number of aliphatic hydroxyl groups is 1. The van der Waals surface area contributed by atoms with Crippen LogP contribution in [0.1, 0.15) is 25.7 Å². The smallest absolute Gasteiger partial charge is 0.308 e. The lowest BCUT2D eigenvalue weighted by Crippen LogP contribution is -2.28. The summed E-state index contributed by atoms with van der Waals surface area (Å²) < 4.78 is 4.69. The van der Waals surface area contributed by atoms with Gasteiger partial charge >= 0.3 is 5.97 Å². The SMILES string of the molecule is C=CC(O)C1CCC(C(=O)OC)CC1. The van der Waals surface area contributed by atoms with E-state index >= 15 is 0 Å². The number of carbonyl (C=O) groups excluding carboxylic acids is 1. The lowest BCUT2D eigenvalue weighted by Gasteiger charge is -2.28. The Hall–Kier alpha value is -0.830. The van der Waals surface area contributed by atoms with E-state index in [1.54, 1.807) is 6.08 Å². The first-order valence-electron chi connectivity index (χ1n) is 5.07. The predicted molar refractivity (Wildman–Crippen MR) is 53.7 cm³/mol. The van der Waals surface area contributed by atoms with Gasteiger partial charge in [0.25, 0.3) is 0 Å². The maximum absolute atomic E-state index is 11.2. The normalized spacial score (nSPS) is 29.3. The van der Waals surface area contributed by atoms with Crippen molar-refractivity contribution in [2.24, 2.45) is 11.8 Å². The van der Waals surface area contributed by atoms with E-state index in [2.05, 4.69) is 6.58 Å². The Kier molecular flexibility index (Phi) is 4.14. The maximum atomic E-state index is 11.2. The predicted octanol–water partition coefficient (Wildman–Crippen LogP) is 1.51. The zero-order valence-corrected chi connectivity index (χ0v) is 8.61. The molecule has 0 spiro atoms. The van der Waals surface area contributed by atoms with Crippen molar-refractivity contribution >= 4 is 5.97 Å². The van der Waals surface area contributed by atoms with Crippen LogP contribution in [0, 0.1) is 11.8 Å². The van der Waals surface area contributed by atoms with Gasteiger partial charge < -0.3 is 9.84 Å². The number of aliphatic hydroxyl groups excluding tert-OH is 1. The summed E-state index contributed by atoms with van der Waals surface area (Å²) >= 11 is 0. The van der Waals surface area contributed by atoms with Crippen LogP contribution in [-0.4, -0.2) is 24.3 Å². The van der Waals surface area contributed by atoms with Crippen molar-refractivity contribution in [2.45, 2.75) is 31.8 Å². The van der Waals surface area contributed by atoms with Crippen LogP contribution in [0.4, 0.5) is 0 Å². The van der Waals surface area contributed by atoms with Gasteiger partial charge in [-0.1, -0.05) is 6.08 Å². The third-order valence-electron chi connectivity index (χ3n) is 3.03. The Bertz CT molecular complexity index is 205. The zero-order valence-electron chi connectivity index (χ0n) is 8.61. The molecule has 1 saturated carbocycles. The molecule has 0 heterocycles. The number of ether oxygens (including phenoxy) is 1. The van der Waals surface area contributed by atoms with Crippen LogP contribution in [0.25, 0.3) is 0 Å². The van der Waals surface area contributed by atoms with Crippen LogP contribution < -0.4 is 0 Å². The second-order valence-corrected chi connectivity index (χ2v) is 3.86. The fraction of sp³-hybridized carbons (Fsp3) is 0.727. The molecule has 3 heteroatoms. The molecule has 1 rings (SSSR count). The van der Waals surface area contributed by atoms with Crippen LogP contribution in [0.2, 0.25) is 0 Å². The van der Waals surface area contributed by atoms with Crippen molar-refractivity contribution in [3.8, 4) is 0 Å². The van der Waals surface area contributed by atoms with Gasteiger partial charge in [-0.3, -0.25) is 4.79 Å². The van der Waals surface area contributed by atoms with Gasteiger partial charge in [-0.05, 0) is 31.6 Å².